The molecule has 0 aliphatic heterocycles. The topological polar surface area (TPSA) is 41.8 Å². The molecule has 0 spiro atoms. The zero-order chi connectivity index (χ0) is 9.97. The van der Waals surface area contributed by atoms with Gasteiger partial charge in [-0.3, -0.25) is 0 Å². The number of allylic oxidation sites excluding steroid dienone is 2. The average molecular weight is 190 g/mol. The van der Waals surface area contributed by atoms with E-state index in [4.69, 9.17) is 5.73 Å². The molecular formula is C12H18N2. The van der Waals surface area contributed by atoms with Gasteiger partial charge in [0.25, 0.3) is 0 Å². The van der Waals surface area contributed by atoms with Gasteiger partial charge in [-0.05, 0) is 36.4 Å². The van der Waals surface area contributed by atoms with Crippen molar-refractivity contribution in [3.63, 3.8) is 0 Å². The number of nitrogens with one attached hydrogen (secondary N) is 1. The second-order valence-electron chi connectivity index (χ2n) is 3.92. The lowest BCUT2D eigenvalue weighted by Crippen LogP contribution is -2.13. The van der Waals surface area contributed by atoms with Gasteiger partial charge in [-0.1, -0.05) is 19.1 Å². The van der Waals surface area contributed by atoms with Crippen molar-refractivity contribution >= 4 is 0 Å². The third kappa shape index (κ3) is 1.50. The molecule has 0 aromatic carbocycles. The highest BCUT2D eigenvalue weighted by molar-refractivity contribution is 5.38. The molecule has 3 N–H and O–H groups in total. The molecule has 2 heteroatoms. The Labute approximate surface area is 85.2 Å². The van der Waals surface area contributed by atoms with Crippen molar-refractivity contribution in [3.05, 3.63) is 35.2 Å². The molecule has 2 nitrogen and oxygen atoms in total. The number of H-pyrrole nitrogens is 1. The van der Waals surface area contributed by atoms with Crippen LogP contribution in [0.15, 0.2) is 18.3 Å². The number of nitrogens with two attached hydrogens (primary N) is 1. The molecule has 1 aliphatic rings. The van der Waals surface area contributed by atoms with Crippen molar-refractivity contribution in [2.24, 2.45) is 5.73 Å². The smallest absolute Gasteiger partial charge is 0.0224 e. The van der Waals surface area contributed by atoms with Gasteiger partial charge in [0.15, 0.2) is 0 Å². The Balaban J connectivity index is 2.31. The molecule has 2 rings (SSSR count). The minimum absolute atomic E-state index is 0.529. The molecule has 1 aromatic heterocycles. The van der Waals surface area contributed by atoms with Crippen LogP contribution >= 0.6 is 0 Å². The lowest BCUT2D eigenvalue weighted by atomic mass is 9.91. The van der Waals surface area contributed by atoms with E-state index in [1.807, 2.05) is 0 Å². The summed E-state index contributed by atoms with van der Waals surface area (Å²) in [6, 6.07) is 0. The summed E-state index contributed by atoms with van der Waals surface area (Å²) in [7, 11) is 0. The van der Waals surface area contributed by atoms with Crippen LogP contribution in [0.5, 0.6) is 0 Å². The Morgan fingerprint density at radius 1 is 1.43 bits per heavy atom. The third-order valence-electron chi connectivity index (χ3n) is 3.14. The van der Waals surface area contributed by atoms with Crippen LogP contribution in [-0.4, -0.2) is 11.5 Å². The monoisotopic (exact) mass is 190 g/mol. The molecule has 1 heterocycles. The minimum Gasteiger partial charge on any atom is -0.364 e. The van der Waals surface area contributed by atoms with Gasteiger partial charge >= 0.3 is 0 Å². The minimum atomic E-state index is 0.529. The molecular weight excluding hydrogens is 172 g/mol. The van der Waals surface area contributed by atoms with Crippen molar-refractivity contribution in [1.82, 2.24) is 4.98 Å². The first kappa shape index (κ1) is 9.53. The highest BCUT2D eigenvalue weighted by Crippen LogP contribution is 2.27. The molecule has 1 unspecified atom stereocenters. The summed E-state index contributed by atoms with van der Waals surface area (Å²) in [6.07, 6.45) is 9.89. The van der Waals surface area contributed by atoms with Crippen molar-refractivity contribution < 1.29 is 0 Å². The van der Waals surface area contributed by atoms with E-state index in [9.17, 15) is 0 Å². The second kappa shape index (κ2) is 4.01. The fourth-order valence-electron chi connectivity index (χ4n) is 2.22. The Morgan fingerprint density at radius 2 is 2.21 bits per heavy atom. The van der Waals surface area contributed by atoms with Crippen molar-refractivity contribution in [3.8, 4) is 0 Å². The fraction of sp³-hybridized carbons (Fsp3) is 0.500. The first-order valence-electron chi connectivity index (χ1n) is 5.40. The van der Waals surface area contributed by atoms with Gasteiger partial charge in [0.05, 0.1) is 0 Å². The molecule has 1 aromatic rings. The van der Waals surface area contributed by atoms with Crippen LogP contribution in [0.2, 0.25) is 0 Å². The number of fused-ring (bicyclic) bond motifs is 1. The van der Waals surface area contributed by atoms with Crippen LogP contribution in [0.4, 0.5) is 0 Å². The molecule has 1 atom stereocenters. The number of hydrogen-bond donors (Lipinski definition) is 2. The normalized spacial score (nSPS) is 16.7. The van der Waals surface area contributed by atoms with Crippen LogP contribution in [-0.2, 0) is 12.8 Å². The van der Waals surface area contributed by atoms with Crippen LogP contribution in [0.25, 0.3) is 0 Å². The molecule has 14 heavy (non-hydrogen) atoms. The predicted molar refractivity (Wildman–Crippen MR) is 59.4 cm³/mol. The number of rotatable bonds is 3. The summed E-state index contributed by atoms with van der Waals surface area (Å²) in [5.74, 6) is 0.529. The SMILES string of the molecule is CCC(CN)c1c[nH]c2c1CC=CC2. The first-order chi connectivity index (χ1) is 6.86. The molecule has 0 radical (unpaired) electrons. The summed E-state index contributed by atoms with van der Waals surface area (Å²) in [5, 5.41) is 0. The van der Waals surface area contributed by atoms with Gasteiger partial charge in [-0.2, -0.15) is 0 Å². The van der Waals surface area contributed by atoms with Crippen molar-refractivity contribution in [1.29, 1.82) is 0 Å². The summed E-state index contributed by atoms with van der Waals surface area (Å²) < 4.78 is 0. The Kier molecular flexibility index (Phi) is 2.73. The van der Waals surface area contributed by atoms with Crippen LogP contribution in [0, 0.1) is 0 Å². The lowest BCUT2D eigenvalue weighted by molar-refractivity contribution is 0.669. The standard InChI is InChI=1S/C12H18N2/c1-2-9(7-13)11-8-14-12-6-4-3-5-10(11)12/h3-4,8-9,14H,2,5-7,13H2,1H3. The first-order valence-corrected chi connectivity index (χ1v) is 5.40. The van der Waals surface area contributed by atoms with Gasteiger partial charge in [0.2, 0.25) is 0 Å². The van der Waals surface area contributed by atoms with E-state index in [0.717, 1.165) is 25.8 Å². The predicted octanol–water partition coefficient (Wildman–Crippen LogP) is 2.12. The maximum atomic E-state index is 5.78. The largest absolute Gasteiger partial charge is 0.364 e. The van der Waals surface area contributed by atoms with E-state index in [2.05, 4.69) is 30.3 Å². The van der Waals surface area contributed by atoms with Crippen LogP contribution in [0.3, 0.4) is 0 Å². The molecule has 0 amide bonds. The van der Waals surface area contributed by atoms with Crippen LogP contribution < -0.4 is 5.73 Å². The maximum absolute atomic E-state index is 5.78. The zero-order valence-electron chi connectivity index (χ0n) is 8.72. The fourth-order valence-corrected chi connectivity index (χ4v) is 2.22. The molecule has 0 saturated carbocycles. The van der Waals surface area contributed by atoms with Crippen LogP contribution in [0.1, 0.15) is 36.1 Å². The van der Waals surface area contributed by atoms with Gasteiger partial charge in [-0.15, -0.1) is 0 Å². The molecule has 1 aliphatic carbocycles. The lowest BCUT2D eigenvalue weighted by Gasteiger charge is -2.14. The summed E-state index contributed by atoms with van der Waals surface area (Å²) in [6.45, 7) is 2.96. The molecule has 0 saturated heterocycles. The Bertz CT molecular complexity index is 332. The number of aromatic nitrogens is 1. The summed E-state index contributed by atoms with van der Waals surface area (Å²) in [5.41, 5.74) is 10.1. The van der Waals surface area contributed by atoms with Crippen molar-refractivity contribution in [2.75, 3.05) is 6.54 Å². The van der Waals surface area contributed by atoms with E-state index in [1.54, 1.807) is 0 Å². The van der Waals surface area contributed by atoms with E-state index in [-0.39, 0.29) is 0 Å². The summed E-state index contributed by atoms with van der Waals surface area (Å²) in [4.78, 5) is 3.37. The Hall–Kier alpha value is -1.02. The van der Waals surface area contributed by atoms with E-state index in [0.29, 0.717) is 5.92 Å². The number of aromatic amines is 1. The maximum Gasteiger partial charge on any atom is 0.0224 e. The zero-order valence-corrected chi connectivity index (χ0v) is 8.72. The van der Waals surface area contributed by atoms with E-state index < -0.39 is 0 Å². The molecule has 76 valence electrons. The highest BCUT2D eigenvalue weighted by Gasteiger charge is 2.17. The third-order valence-corrected chi connectivity index (χ3v) is 3.14. The van der Waals surface area contributed by atoms with Gasteiger partial charge in [0, 0.05) is 18.3 Å². The molecule has 0 fully saturated rings. The van der Waals surface area contributed by atoms with E-state index >= 15 is 0 Å². The Morgan fingerprint density at radius 3 is 2.93 bits per heavy atom. The van der Waals surface area contributed by atoms with Gasteiger partial charge in [0.1, 0.15) is 0 Å². The molecule has 0 bridgehead atoms. The highest BCUT2D eigenvalue weighted by atomic mass is 14.7. The average Bonchev–Trinajstić information content (AvgIpc) is 2.65. The summed E-state index contributed by atoms with van der Waals surface area (Å²) >= 11 is 0. The second-order valence-corrected chi connectivity index (χ2v) is 3.92. The number of hydrogen-bond acceptors (Lipinski definition) is 1. The quantitative estimate of drug-likeness (QED) is 0.704. The van der Waals surface area contributed by atoms with Gasteiger partial charge in [-0.25, -0.2) is 0 Å². The van der Waals surface area contributed by atoms with E-state index in [1.165, 1.54) is 16.8 Å². The van der Waals surface area contributed by atoms with Crippen molar-refractivity contribution in [2.45, 2.75) is 32.1 Å². The van der Waals surface area contributed by atoms with Gasteiger partial charge < -0.3 is 10.7 Å².